The molecule has 1 atom stereocenters. The molecule has 3 heteroatoms. The lowest BCUT2D eigenvalue weighted by Gasteiger charge is -2.32. The van der Waals surface area contributed by atoms with Gasteiger partial charge in [0, 0.05) is 36.8 Å². The van der Waals surface area contributed by atoms with Gasteiger partial charge in [0.25, 0.3) is 0 Å². The van der Waals surface area contributed by atoms with E-state index >= 15 is 0 Å². The number of benzene rings is 1. The van der Waals surface area contributed by atoms with Crippen molar-refractivity contribution in [2.45, 2.75) is 32.2 Å². The molecule has 1 aliphatic heterocycles. The SMILES string of the molecule is CCC(=O)c1cccc(N2CCC[C@H](N)C2)c1. The summed E-state index contributed by atoms with van der Waals surface area (Å²) in [7, 11) is 0. The van der Waals surface area contributed by atoms with Crippen LogP contribution in [0.4, 0.5) is 5.69 Å². The average Bonchev–Trinajstić information content (AvgIpc) is 2.38. The van der Waals surface area contributed by atoms with Gasteiger partial charge in [-0.1, -0.05) is 19.1 Å². The summed E-state index contributed by atoms with van der Waals surface area (Å²) in [5.41, 5.74) is 7.91. The van der Waals surface area contributed by atoms with Gasteiger partial charge in [0.1, 0.15) is 0 Å². The summed E-state index contributed by atoms with van der Waals surface area (Å²) in [5.74, 6) is 0.202. The Morgan fingerprint density at radius 3 is 3.06 bits per heavy atom. The third-order valence-electron chi connectivity index (χ3n) is 3.31. The summed E-state index contributed by atoms with van der Waals surface area (Å²) >= 11 is 0. The number of rotatable bonds is 3. The van der Waals surface area contributed by atoms with Gasteiger partial charge in [0.2, 0.25) is 0 Å². The zero-order valence-corrected chi connectivity index (χ0v) is 10.4. The highest BCUT2D eigenvalue weighted by molar-refractivity contribution is 5.96. The number of anilines is 1. The van der Waals surface area contributed by atoms with E-state index in [1.165, 1.54) is 0 Å². The Kier molecular flexibility index (Phi) is 3.79. The molecule has 2 N–H and O–H groups in total. The van der Waals surface area contributed by atoms with Gasteiger partial charge in [0.15, 0.2) is 5.78 Å². The van der Waals surface area contributed by atoms with Crippen molar-refractivity contribution in [2.24, 2.45) is 5.73 Å². The van der Waals surface area contributed by atoms with Crippen LogP contribution in [0.15, 0.2) is 24.3 Å². The van der Waals surface area contributed by atoms with Crippen molar-refractivity contribution in [3.63, 3.8) is 0 Å². The van der Waals surface area contributed by atoms with Crippen LogP contribution in [0.3, 0.4) is 0 Å². The molecular weight excluding hydrogens is 212 g/mol. The van der Waals surface area contributed by atoms with Crippen molar-refractivity contribution in [3.05, 3.63) is 29.8 Å². The van der Waals surface area contributed by atoms with Gasteiger partial charge in [-0.25, -0.2) is 0 Å². The smallest absolute Gasteiger partial charge is 0.162 e. The molecule has 1 fully saturated rings. The molecule has 1 aromatic carbocycles. The lowest BCUT2D eigenvalue weighted by Crippen LogP contribution is -2.42. The predicted molar refractivity (Wildman–Crippen MR) is 70.5 cm³/mol. The summed E-state index contributed by atoms with van der Waals surface area (Å²) in [5, 5.41) is 0. The van der Waals surface area contributed by atoms with Crippen molar-refractivity contribution in [1.29, 1.82) is 0 Å². The largest absolute Gasteiger partial charge is 0.370 e. The Balaban J connectivity index is 2.17. The molecule has 0 aliphatic carbocycles. The van der Waals surface area contributed by atoms with Crippen LogP contribution >= 0.6 is 0 Å². The fourth-order valence-electron chi connectivity index (χ4n) is 2.32. The molecule has 1 aliphatic rings. The van der Waals surface area contributed by atoms with E-state index in [2.05, 4.69) is 11.0 Å². The average molecular weight is 232 g/mol. The van der Waals surface area contributed by atoms with Crippen LogP contribution in [0.25, 0.3) is 0 Å². The highest BCUT2D eigenvalue weighted by atomic mass is 16.1. The zero-order valence-electron chi connectivity index (χ0n) is 10.4. The van der Waals surface area contributed by atoms with Crippen molar-refractivity contribution in [2.75, 3.05) is 18.0 Å². The first-order chi connectivity index (χ1) is 8.20. The second kappa shape index (κ2) is 5.32. The van der Waals surface area contributed by atoms with Crippen molar-refractivity contribution >= 4 is 11.5 Å². The molecule has 0 saturated carbocycles. The quantitative estimate of drug-likeness (QED) is 0.813. The Bertz CT molecular complexity index is 403. The van der Waals surface area contributed by atoms with E-state index < -0.39 is 0 Å². The van der Waals surface area contributed by atoms with E-state index in [0.29, 0.717) is 6.42 Å². The normalized spacial score (nSPS) is 20.4. The molecule has 3 nitrogen and oxygen atoms in total. The van der Waals surface area contributed by atoms with Crippen molar-refractivity contribution < 1.29 is 4.79 Å². The fraction of sp³-hybridized carbons (Fsp3) is 0.500. The number of nitrogens with zero attached hydrogens (tertiary/aromatic N) is 1. The lowest BCUT2D eigenvalue weighted by atomic mass is 10.0. The Labute approximate surface area is 103 Å². The van der Waals surface area contributed by atoms with Crippen molar-refractivity contribution in [3.8, 4) is 0 Å². The fourth-order valence-corrected chi connectivity index (χ4v) is 2.32. The first-order valence-corrected chi connectivity index (χ1v) is 6.34. The molecule has 0 radical (unpaired) electrons. The number of piperidine rings is 1. The van der Waals surface area contributed by atoms with Gasteiger partial charge in [-0.2, -0.15) is 0 Å². The molecule has 92 valence electrons. The van der Waals surface area contributed by atoms with E-state index in [1.54, 1.807) is 0 Å². The summed E-state index contributed by atoms with van der Waals surface area (Å²) < 4.78 is 0. The maximum Gasteiger partial charge on any atom is 0.162 e. The minimum atomic E-state index is 0.202. The number of hydrogen-bond acceptors (Lipinski definition) is 3. The van der Waals surface area contributed by atoms with E-state index in [-0.39, 0.29) is 11.8 Å². The van der Waals surface area contributed by atoms with Gasteiger partial charge in [-0.15, -0.1) is 0 Å². The second-order valence-corrected chi connectivity index (χ2v) is 4.68. The molecular formula is C14H20N2O. The van der Waals surface area contributed by atoms with E-state index in [0.717, 1.165) is 37.2 Å². The summed E-state index contributed by atoms with van der Waals surface area (Å²) in [6, 6.07) is 8.15. The summed E-state index contributed by atoms with van der Waals surface area (Å²) in [6.45, 7) is 3.83. The highest BCUT2D eigenvalue weighted by Crippen LogP contribution is 2.21. The van der Waals surface area contributed by atoms with Crippen LogP contribution in [-0.4, -0.2) is 24.9 Å². The molecule has 17 heavy (non-hydrogen) atoms. The lowest BCUT2D eigenvalue weighted by molar-refractivity contribution is 0.0988. The topological polar surface area (TPSA) is 46.3 Å². The van der Waals surface area contributed by atoms with Crippen LogP contribution in [0.1, 0.15) is 36.5 Å². The minimum Gasteiger partial charge on any atom is -0.370 e. The third-order valence-corrected chi connectivity index (χ3v) is 3.31. The molecule has 1 heterocycles. The van der Waals surface area contributed by atoms with Crippen LogP contribution in [0.2, 0.25) is 0 Å². The number of carbonyl (C=O) groups is 1. The molecule has 1 aromatic rings. The number of hydrogen-bond donors (Lipinski definition) is 1. The molecule has 2 rings (SSSR count). The molecule has 0 amide bonds. The maximum atomic E-state index is 11.7. The van der Waals surface area contributed by atoms with E-state index in [1.807, 2.05) is 25.1 Å². The third kappa shape index (κ3) is 2.86. The van der Waals surface area contributed by atoms with Crippen LogP contribution < -0.4 is 10.6 Å². The number of Topliss-reactive ketones (excluding diaryl/α,β-unsaturated/α-hetero) is 1. The first kappa shape index (κ1) is 12.1. The second-order valence-electron chi connectivity index (χ2n) is 4.68. The van der Waals surface area contributed by atoms with E-state index in [9.17, 15) is 4.79 Å². The predicted octanol–water partition coefficient (Wildman–Crippen LogP) is 2.21. The first-order valence-electron chi connectivity index (χ1n) is 6.34. The van der Waals surface area contributed by atoms with Gasteiger partial charge < -0.3 is 10.6 Å². The molecule has 0 spiro atoms. The Hall–Kier alpha value is -1.35. The Morgan fingerprint density at radius 1 is 1.53 bits per heavy atom. The standard InChI is InChI=1S/C14H20N2O/c1-2-14(17)11-5-3-7-13(9-11)16-8-4-6-12(15)10-16/h3,5,7,9,12H,2,4,6,8,10,15H2,1H3/t12-/m0/s1. The van der Waals surface area contributed by atoms with Gasteiger partial charge in [-0.3, -0.25) is 4.79 Å². The monoisotopic (exact) mass is 232 g/mol. The number of nitrogens with two attached hydrogens (primary N) is 1. The van der Waals surface area contributed by atoms with Gasteiger partial charge in [0.05, 0.1) is 0 Å². The maximum absolute atomic E-state index is 11.7. The summed E-state index contributed by atoms with van der Waals surface area (Å²) in [4.78, 5) is 13.9. The number of ketones is 1. The van der Waals surface area contributed by atoms with Gasteiger partial charge in [-0.05, 0) is 25.0 Å². The van der Waals surface area contributed by atoms with Crippen LogP contribution in [-0.2, 0) is 0 Å². The number of carbonyl (C=O) groups excluding carboxylic acids is 1. The molecule has 0 unspecified atom stereocenters. The van der Waals surface area contributed by atoms with Crippen LogP contribution in [0, 0.1) is 0 Å². The molecule has 1 saturated heterocycles. The zero-order chi connectivity index (χ0) is 12.3. The summed E-state index contributed by atoms with van der Waals surface area (Å²) in [6.07, 6.45) is 2.79. The highest BCUT2D eigenvalue weighted by Gasteiger charge is 2.17. The van der Waals surface area contributed by atoms with Crippen LogP contribution in [0.5, 0.6) is 0 Å². The molecule has 0 aromatic heterocycles. The minimum absolute atomic E-state index is 0.202. The Morgan fingerprint density at radius 2 is 2.35 bits per heavy atom. The molecule has 0 bridgehead atoms. The van der Waals surface area contributed by atoms with E-state index in [4.69, 9.17) is 5.73 Å². The van der Waals surface area contributed by atoms with Crippen molar-refractivity contribution in [1.82, 2.24) is 0 Å². The van der Waals surface area contributed by atoms with Gasteiger partial charge >= 0.3 is 0 Å².